The summed E-state index contributed by atoms with van der Waals surface area (Å²) in [5, 5.41) is 24.0. The van der Waals surface area contributed by atoms with E-state index in [0.717, 1.165) is 10.4 Å². The highest BCUT2D eigenvalue weighted by Gasteiger charge is 2.51. The lowest BCUT2D eigenvalue weighted by molar-refractivity contribution is -0.384. The van der Waals surface area contributed by atoms with Crippen LogP contribution in [0.15, 0.2) is 95.0 Å². The number of nitrogens with two attached hydrogens (primary N) is 1. The Morgan fingerprint density at radius 3 is 2.29 bits per heavy atom. The summed E-state index contributed by atoms with van der Waals surface area (Å²) in [7, 11) is -4.54. The van der Waals surface area contributed by atoms with Crippen LogP contribution in [0.5, 0.6) is 0 Å². The van der Waals surface area contributed by atoms with Crippen LogP contribution in [0.3, 0.4) is 0 Å². The maximum atomic E-state index is 14.1. The predicted octanol–water partition coefficient (Wildman–Crippen LogP) is 3.29. The summed E-state index contributed by atoms with van der Waals surface area (Å²) < 4.78 is 29.0. The number of sulfonamides is 1. The van der Waals surface area contributed by atoms with E-state index in [1.54, 1.807) is 18.2 Å². The minimum absolute atomic E-state index is 0.0977. The van der Waals surface area contributed by atoms with Gasteiger partial charge in [-0.1, -0.05) is 42.5 Å². The highest BCUT2D eigenvalue weighted by Crippen LogP contribution is 2.44. The maximum absolute atomic E-state index is 14.1. The lowest BCUT2D eigenvalue weighted by Gasteiger charge is -2.30. The van der Waals surface area contributed by atoms with Gasteiger partial charge in [-0.15, -0.1) is 0 Å². The van der Waals surface area contributed by atoms with Crippen LogP contribution in [0, 0.1) is 21.4 Å². The van der Waals surface area contributed by atoms with Gasteiger partial charge < -0.3 is 11.1 Å². The second-order valence-electron chi connectivity index (χ2n) is 8.41. The number of nitrogens with zero attached hydrogens (tertiary/aromatic N) is 3. The Bertz CT molecular complexity index is 1610. The van der Waals surface area contributed by atoms with Crippen molar-refractivity contribution in [2.45, 2.75) is 23.9 Å². The lowest BCUT2D eigenvalue weighted by atomic mass is 9.99. The number of carbonyl (C=O) groups is 2. The summed E-state index contributed by atoms with van der Waals surface area (Å²) in [5.74, 6) is -1.02. The molecule has 0 unspecified atom stereocenters. The Kier molecular flexibility index (Phi) is 7.07. The number of nitro benzene ring substituents is 1. The zero-order valence-corrected chi connectivity index (χ0v) is 20.8. The van der Waals surface area contributed by atoms with E-state index in [1.807, 2.05) is 6.07 Å². The molecule has 11 nitrogen and oxygen atoms in total. The molecule has 3 aromatic rings. The number of anilines is 1. The zero-order chi connectivity index (χ0) is 27.6. The molecule has 0 spiro atoms. The number of amides is 1. The maximum Gasteiger partial charge on any atom is 0.269 e. The molecule has 3 N–H and O–H groups in total. The quantitative estimate of drug-likeness (QED) is 0.265. The average Bonchev–Trinajstić information content (AvgIpc) is 3.21. The number of nitrogens with one attached hydrogen (secondary N) is 1. The molecule has 1 aliphatic rings. The van der Waals surface area contributed by atoms with Crippen molar-refractivity contribution in [3.8, 4) is 6.07 Å². The van der Waals surface area contributed by atoms with Gasteiger partial charge in [0.2, 0.25) is 15.9 Å². The molecule has 1 amide bonds. The molecule has 0 aromatic heterocycles. The lowest BCUT2D eigenvalue weighted by Crippen LogP contribution is -2.45. The van der Waals surface area contributed by atoms with Gasteiger partial charge in [-0.2, -0.15) is 9.57 Å². The van der Waals surface area contributed by atoms with Crippen molar-refractivity contribution in [2.24, 2.45) is 5.73 Å². The fraction of sp³-hybridized carbons (Fsp3) is 0.115. The first-order chi connectivity index (χ1) is 18.1. The number of carbonyl (C=O) groups excluding carboxylic acids is 2. The van der Waals surface area contributed by atoms with E-state index >= 15 is 0 Å². The van der Waals surface area contributed by atoms with Crippen molar-refractivity contribution < 1.29 is 22.9 Å². The fourth-order valence-corrected chi connectivity index (χ4v) is 6.01. The molecule has 0 saturated carbocycles. The van der Waals surface area contributed by atoms with Crippen LogP contribution in [0.1, 0.15) is 28.9 Å². The molecule has 0 radical (unpaired) electrons. The minimum atomic E-state index is -4.54. The third kappa shape index (κ3) is 4.75. The summed E-state index contributed by atoms with van der Waals surface area (Å²) in [6, 6.07) is 17.2. The third-order valence-electron chi connectivity index (χ3n) is 5.96. The Labute approximate surface area is 218 Å². The van der Waals surface area contributed by atoms with Crippen LogP contribution in [0.4, 0.5) is 11.4 Å². The van der Waals surface area contributed by atoms with Crippen LogP contribution < -0.4 is 11.1 Å². The first-order valence-electron chi connectivity index (χ1n) is 11.2. The van der Waals surface area contributed by atoms with E-state index in [-0.39, 0.29) is 38.9 Å². The van der Waals surface area contributed by atoms with E-state index in [2.05, 4.69) is 5.32 Å². The van der Waals surface area contributed by atoms with E-state index < -0.39 is 32.8 Å². The zero-order valence-electron chi connectivity index (χ0n) is 19.9. The second kappa shape index (κ2) is 10.3. The van der Waals surface area contributed by atoms with Crippen LogP contribution in [0.2, 0.25) is 0 Å². The van der Waals surface area contributed by atoms with Gasteiger partial charge in [-0.25, -0.2) is 8.42 Å². The molecule has 0 bridgehead atoms. The van der Waals surface area contributed by atoms with Crippen LogP contribution >= 0.6 is 0 Å². The Balaban J connectivity index is 1.92. The highest BCUT2D eigenvalue weighted by atomic mass is 32.2. The number of rotatable bonds is 7. The average molecular weight is 532 g/mol. The first kappa shape index (κ1) is 26.2. The summed E-state index contributed by atoms with van der Waals surface area (Å²) in [5.41, 5.74) is 6.10. The smallest absolute Gasteiger partial charge is 0.269 e. The fourth-order valence-electron chi connectivity index (χ4n) is 4.30. The topological polar surface area (TPSA) is 176 Å². The highest BCUT2D eigenvalue weighted by molar-refractivity contribution is 7.89. The number of nitro groups is 1. The van der Waals surface area contributed by atoms with Crippen LogP contribution in [-0.2, 0) is 14.8 Å². The molecule has 2 atom stereocenters. The van der Waals surface area contributed by atoms with Crippen LogP contribution in [-0.4, -0.2) is 35.4 Å². The summed E-state index contributed by atoms with van der Waals surface area (Å²) in [6.45, 7) is 1.30. The van der Waals surface area contributed by atoms with E-state index in [0.29, 0.717) is 5.69 Å². The van der Waals surface area contributed by atoms with Gasteiger partial charge in [0.05, 0.1) is 33.2 Å². The first-order valence-corrected chi connectivity index (χ1v) is 12.6. The van der Waals surface area contributed by atoms with Crippen LogP contribution in [0.25, 0.3) is 0 Å². The summed E-state index contributed by atoms with van der Waals surface area (Å²) in [4.78, 5) is 35.6. The number of ketones is 1. The van der Waals surface area contributed by atoms with Crippen molar-refractivity contribution in [3.05, 3.63) is 111 Å². The molecule has 1 heterocycles. The molecule has 12 heteroatoms. The van der Waals surface area contributed by atoms with Gasteiger partial charge in [-0.3, -0.25) is 19.7 Å². The van der Waals surface area contributed by atoms with Gasteiger partial charge in [-0.05, 0) is 29.8 Å². The summed E-state index contributed by atoms with van der Waals surface area (Å²) in [6.07, 6.45) is 0. The number of nitriles is 1. The van der Waals surface area contributed by atoms with Crippen molar-refractivity contribution >= 4 is 33.1 Å². The van der Waals surface area contributed by atoms with Gasteiger partial charge in [0.15, 0.2) is 5.78 Å². The molecule has 192 valence electrons. The van der Waals surface area contributed by atoms with Crippen molar-refractivity contribution in [1.29, 1.82) is 5.26 Å². The molecule has 1 aliphatic heterocycles. The predicted molar refractivity (Wildman–Crippen MR) is 137 cm³/mol. The van der Waals surface area contributed by atoms with E-state index in [1.165, 1.54) is 61.5 Å². The Hall–Kier alpha value is -4.86. The van der Waals surface area contributed by atoms with Gasteiger partial charge in [0.25, 0.3) is 5.69 Å². The largest absolute Gasteiger partial charge is 0.399 e. The SMILES string of the molecule is CC(=O)Nc1ccc(S(=O)(=O)N2[C@H](C(=O)c3ccccc3)C(N)=C(C#N)[C@H]2c2cccc([N+](=O)[O-])c2)cc1. The molecule has 0 saturated heterocycles. The number of non-ortho nitro benzene ring substituents is 1. The Morgan fingerprint density at radius 1 is 1.05 bits per heavy atom. The summed E-state index contributed by atoms with van der Waals surface area (Å²) >= 11 is 0. The minimum Gasteiger partial charge on any atom is -0.399 e. The molecule has 0 fully saturated rings. The molecular weight excluding hydrogens is 510 g/mol. The number of hydrogen-bond donors (Lipinski definition) is 2. The van der Waals surface area contributed by atoms with Crippen molar-refractivity contribution in [1.82, 2.24) is 4.31 Å². The second-order valence-corrected chi connectivity index (χ2v) is 10.3. The molecule has 3 aromatic carbocycles. The normalized spacial score (nSPS) is 17.6. The van der Waals surface area contributed by atoms with Gasteiger partial charge >= 0.3 is 0 Å². The van der Waals surface area contributed by atoms with E-state index in [9.17, 15) is 33.4 Å². The van der Waals surface area contributed by atoms with Crippen molar-refractivity contribution in [3.63, 3.8) is 0 Å². The standard InChI is InChI=1S/C26H21N5O6S/c1-16(32)29-19-10-12-21(13-11-19)38(36,37)30-24(18-8-5-9-20(14-18)31(34)35)22(15-27)23(28)25(30)26(33)17-6-3-2-4-7-17/h2-14,24-25H,28H2,1H3,(H,29,32)/t24-,25+/m1/s1. The van der Waals surface area contributed by atoms with E-state index in [4.69, 9.17) is 5.73 Å². The number of benzene rings is 3. The molecular formula is C26H21N5O6S. The Morgan fingerprint density at radius 2 is 1.71 bits per heavy atom. The van der Waals surface area contributed by atoms with Gasteiger partial charge in [0.1, 0.15) is 6.04 Å². The van der Waals surface area contributed by atoms with Gasteiger partial charge in [0, 0.05) is 30.3 Å². The molecule has 38 heavy (non-hydrogen) atoms. The molecule has 0 aliphatic carbocycles. The van der Waals surface area contributed by atoms with Crippen molar-refractivity contribution in [2.75, 3.05) is 5.32 Å². The number of Topliss-reactive ketones (excluding diaryl/α,β-unsaturated/α-hetero) is 1. The third-order valence-corrected chi connectivity index (χ3v) is 7.81. The molecule has 4 rings (SSSR count). The monoisotopic (exact) mass is 531 g/mol. The number of hydrogen-bond acceptors (Lipinski definition) is 8.